The minimum absolute atomic E-state index is 0.0767. The van der Waals surface area contributed by atoms with E-state index in [-0.39, 0.29) is 17.9 Å². The molecule has 2 aliphatic rings. The Kier molecular flexibility index (Phi) is 6.23. The molecule has 6 nitrogen and oxygen atoms in total. The molecule has 2 amide bonds. The van der Waals surface area contributed by atoms with E-state index < -0.39 is 0 Å². The number of ether oxygens (including phenoxy) is 2. The molecule has 0 radical (unpaired) electrons. The minimum atomic E-state index is -0.111. The molecule has 162 valence electrons. The second-order valence-corrected chi connectivity index (χ2v) is 8.81. The Labute approximate surface area is 186 Å². The maximum Gasteiger partial charge on any atom is 0.264 e. The van der Waals surface area contributed by atoms with Gasteiger partial charge in [0.2, 0.25) is 0 Å². The maximum absolute atomic E-state index is 13.0. The maximum atomic E-state index is 13.0. The smallest absolute Gasteiger partial charge is 0.264 e. The van der Waals surface area contributed by atoms with Gasteiger partial charge in [0.25, 0.3) is 11.8 Å². The standard InChI is InChI=1S/C24H26N2O4S/c1-26-18-14-16(23(27)25-17-6-4-5-7-17)9-11-21(18)31-22(24(26)28)13-15-8-10-19(29-2)20(12-15)30-3/h8-14,17H,4-7H2,1-3H3,(H,25,27). The molecule has 0 bridgehead atoms. The molecule has 0 atom stereocenters. The van der Waals surface area contributed by atoms with E-state index in [1.54, 1.807) is 32.2 Å². The molecule has 4 rings (SSSR count). The lowest BCUT2D eigenvalue weighted by Gasteiger charge is -2.27. The average Bonchev–Trinajstić information content (AvgIpc) is 3.30. The fourth-order valence-corrected chi connectivity index (χ4v) is 5.06. The van der Waals surface area contributed by atoms with Crippen molar-refractivity contribution in [2.24, 2.45) is 0 Å². The number of hydrogen-bond acceptors (Lipinski definition) is 5. The second-order valence-electron chi connectivity index (χ2n) is 7.73. The van der Waals surface area contributed by atoms with Gasteiger partial charge in [-0.15, -0.1) is 0 Å². The lowest BCUT2D eigenvalue weighted by molar-refractivity contribution is -0.114. The van der Waals surface area contributed by atoms with Crippen molar-refractivity contribution in [1.82, 2.24) is 5.32 Å². The second kappa shape index (κ2) is 9.06. The fourth-order valence-electron chi connectivity index (χ4n) is 3.97. The minimum Gasteiger partial charge on any atom is -0.493 e. The number of nitrogens with one attached hydrogen (secondary N) is 1. The van der Waals surface area contributed by atoms with E-state index in [0.717, 1.165) is 41.8 Å². The van der Waals surface area contributed by atoms with Gasteiger partial charge in [-0.1, -0.05) is 30.7 Å². The Bertz CT molecular complexity index is 1040. The van der Waals surface area contributed by atoms with Crippen molar-refractivity contribution in [3.05, 3.63) is 52.4 Å². The van der Waals surface area contributed by atoms with E-state index >= 15 is 0 Å². The zero-order valence-corrected chi connectivity index (χ0v) is 18.8. The summed E-state index contributed by atoms with van der Waals surface area (Å²) in [6.07, 6.45) is 6.25. The van der Waals surface area contributed by atoms with Crippen molar-refractivity contribution in [3.63, 3.8) is 0 Å². The van der Waals surface area contributed by atoms with Crippen molar-refractivity contribution >= 4 is 35.3 Å². The Balaban J connectivity index is 1.58. The van der Waals surface area contributed by atoms with E-state index in [1.807, 2.05) is 36.4 Å². The van der Waals surface area contributed by atoms with Crippen molar-refractivity contribution < 1.29 is 19.1 Å². The molecule has 1 aliphatic carbocycles. The summed E-state index contributed by atoms with van der Waals surface area (Å²) in [4.78, 5) is 28.8. The van der Waals surface area contributed by atoms with Crippen LogP contribution in [0.2, 0.25) is 0 Å². The Morgan fingerprint density at radius 3 is 2.55 bits per heavy atom. The SMILES string of the molecule is COc1ccc(C=C2Sc3ccc(C(=O)NC4CCCC4)cc3N(C)C2=O)cc1OC. The Morgan fingerprint density at radius 2 is 1.84 bits per heavy atom. The van der Waals surface area contributed by atoms with Crippen molar-refractivity contribution in [2.75, 3.05) is 26.2 Å². The van der Waals surface area contributed by atoms with E-state index in [9.17, 15) is 9.59 Å². The Morgan fingerprint density at radius 1 is 1.10 bits per heavy atom. The molecule has 0 spiro atoms. The van der Waals surface area contributed by atoms with Crippen LogP contribution in [0.4, 0.5) is 5.69 Å². The quantitative estimate of drug-likeness (QED) is 0.697. The first-order valence-corrected chi connectivity index (χ1v) is 11.2. The van der Waals surface area contributed by atoms with Crippen LogP contribution in [-0.2, 0) is 4.79 Å². The lowest BCUT2D eigenvalue weighted by Crippen LogP contribution is -2.33. The number of anilines is 1. The monoisotopic (exact) mass is 438 g/mol. The molecule has 2 aromatic rings. The topological polar surface area (TPSA) is 67.9 Å². The van der Waals surface area contributed by atoms with Gasteiger partial charge >= 0.3 is 0 Å². The third-order valence-corrected chi connectivity index (χ3v) is 6.79. The van der Waals surface area contributed by atoms with Gasteiger partial charge in [-0.25, -0.2) is 0 Å². The first-order chi connectivity index (χ1) is 15.0. The first-order valence-electron chi connectivity index (χ1n) is 10.3. The van der Waals surface area contributed by atoms with Gasteiger partial charge in [0.05, 0.1) is 24.8 Å². The zero-order chi connectivity index (χ0) is 22.0. The van der Waals surface area contributed by atoms with Crippen LogP contribution in [0.5, 0.6) is 11.5 Å². The van der Waals surface area contributed by atoms with Crippen LogP contribution >= 0.6 is 11.8 Å². The van der Waals surface area contributed by atoms with Crippen molar-refractivity contribution in [1.29, 1.82) is 0 Å². The summed E-state index contributed by atoms with van der Waals surface area (Å²) in [5.74, 6) is 1.06. The molecule has 0 aromatic heterocycles. The molecule has 31 heavy (non-hydrogen) atoms. The summed E-state index contributed by atoms with van der Waals surface area (Å²) in [6.45, 7) is 0. The third kappa shape index (κ3) is 4.42. The summed E-state index contributed by atoms with van der Waals surface area (Å²) < 4.78 is 10.6. The van der Waals surface area contributed by atoms with Gasteiger partial charge in [0.1, 0.15) is 0 Å². The van der Waals surface area contributed by atoms with E-state index in [2.05, 4.69) is 5.32 Å². The van der Waals surface area contributed by atoms with Crippen LogP contribution in [0.1, 0.15) is 41.6 Å². The van der Waals surface area contributed by atoms with Crippen LogP contribution in [0.3, 0.4) is 0 Å². The van der Waals surface area contributed by atoms with Gasteiger partial charge in [0, 0.05) is 23.5 Å². The van der Waals surface area contributed by atoms with Gasteiger partial charge < -0.3 is 19.7 Å². The summed E-state index contributed by atoms with van der Waals surface area (Å²) in [6, 6.07) is 11.3. The molecule has 1 fully saturated rings. The highest BCUT2D eigenvalue weighted by Gasteiger charge is 2.28. The number of hydrogen-bond donors (Lipinski definition) is 1. The number of methoxy groups -OCH3 is 2. The van der Waals surface area contributed by atoms with Crippen LogP contribution in [-0.4, -0.2) is 39.1 Å². The molecule has 7 heteroatoms. The highest BCUT2D eigenvalue weighted by molar-refractivity contribution is 8.04. The molecule has 2 aromatic carbocycles. The summed E-state index contributed by atoms with van der Waals surface area (Å²) in [7, 11) is 4.91. The summed E-state index contributed by atoms with van der Waals surface area (Å²) in [5, 5.41) is 3.11. The van der Waals surface area contributed by atoms with Gasteiger partial charge in [-0.3, -0.25) is 9.59 Å². The van der Waals surface area contributed by atoms with Gasteiger partial charge in [-0.05, 0) is 54.8 Å². The number of thioether (sulfide) groups is 1. The normalized spacial score (nSPS) is 17.6. The van der Waals surface area contributed by atoms with Gasteiger partial charge in [0.15, 0.2) is 11.5 Å². The summed E-state index contributed by atoms with van der Waals surface area (Å²) in [5.41, 5.74) is 2.18. The number of carbonyl (C=O) groups is 2. The molecule has 1 aliphatic heterocycles. The Hall–Kier alpha value is -2.93. The van der Waals surface area contributed by atoms with E-state index in [1.165, 1.54) is 11.8 Å². The van der Waals surface area contributed by atoms with Crippen LogP contribution in [0, 0.1) is 0 Å². The molecular formula is C24H26N2O4S. The van der Waals surface area contributed by atoms with Crippen LogP contribution in [0.25, 0.3) is 6.08 Å². The van der Waals surface area contributed by atoms with Crippen LogP contribution in [0.15, 0.2) is 46.2 Å². The van der Waals surface area contributed by atoms with Crippen molar-refractivity contribution in [3.8, 4) is 11.5 Å². The molecule has 1 saturated carbocycles. The predicted octanol–water partition coefficient (Wildman–Crippen LogP) is 4.49. The number of carbonyl (C=O) groups excluding carboxylic acids is 2. The summed E-state index contributed by atoms with van der Waals surface area (Å²) >= 11 is 1.41. The molecular weight excluding hydrogens is 412 g/mol. The number of amides is 2. The third-order valence-electron chi connectivity index (χ3n) is 5.71. The molecule has 0 saturated heterocycles. The zero-order valence-electron chi connectivity index (χ0n) is 17.9. The number of nitrogens with zero attached hydrogens (tertiary/aromatic N) is 1. The van der Waals surface area contributed by atoms with E-state index in [0.29, 0.717) is 22.0 Å². The lowest BCUT2D eigenvalue weighted by atomic mass is 10.1. The number of likely N-dealkylation sites (N-methyl/N-ethyl adjacent to an activating group) is 1. The largest absolute Gasteiger partial charge is 0.493 e. The molecule has 0 unspecified atom stereocenters. The average molecular weight is 439 g/mol. The highest BCUT2D eigenvalue weighted by Crippen LogP contribution is 2.42. The number of benzene rings is 2. The fraction of sp³-hybridized carbons (Fsp3) is 0.333. The molecule has 1 heterocycles. The van der Waals surface area contributed by atoms with Crippen LogP contribution < -0.4 is 19.7 Å². The first kappa shape index (κ1) is 21.3. The number of fused-ring (bicyclic) bond motifs is 1. The highest BCUT2D eigenvalue weighted by atomic mass is 32.2. The van der Waals surface area contributed by atoms with Gasteiger partial charge in [-0.2, -0.15) is 0 Å². The number of rotatable bonds is 5. The van der Waals surface area contributed by atoms with Crippen molar-refractivity contribution in [2.45, 2.75) is 36.6 Å². The predicted molar refractivity (Wildman–Crippen MR) is 123 cm³/mol. The van der Waals surface area contributed by atoms with E-state index in [4.69, 9.17) is 9.47 Å². The molecule has 1 N–H and O–H groups in total.